The first-order valence-corrected chi connectivity index (χ1v) is 8.95. The summed E-state index contributed by atoms with van der Waals surface area (Å²) < 4.78 is 0. The molecule has 0 spiro atoms. The molecule has 3 rings (SSSR count). The Bertz CT molecular complexity index is 443. The summed E-state index contributed by atoms with van der Waals surface area (Å²) >= 11 is 0. The molecule has 2 saturated carbocycles. The van der Waals surface area contributed by atoms with Crippen molar-refractivity contribution in [2.24, 2.45) is 0 Å². The molecule has 0 unspecified atom stereocenters. The molecule has 2 nitrogen and oxygen atoms in total. The van der Waals surface area contributed by atoms with Gasteiger partial charge in [0.2, 0.25) is 0 Å². The van der Waals surface area contributed by atoms with Crippen molar-refractivity contribution in [2.75, 3.05) is 10.6 Å². The highest BCUT2D eigenvalue weighted by Crippen LogP contribution is 2.27. The van der Waals surface area contributed by atoms with Gasteiger partial charge in [0.1, 0.15) is 0 Å². The summed E-state index contributed by atoms with van der Waals surface area (Å²) in [5.41, 5.74) is 4.00. The fraction of sp³-hybridized carbons (Fsp3) is 0.684. The smallest absolute Gasteiger partial charge is 0.0392 e. The van der Waals surface area contributed by atoms with E-state index in [9.17, 15) is 0 Å². The van der Waals surface area contributed by atoms with Gasteiger partial charge in [-0.2, -0.15) is 0 Å². The minimum absolute atomic E-state index is 0.683. The molecule has 2 aliphatic carbocycles. The summed E-state index contributed by atoms with van der Waals surface area (Å²) in [6.45, 7) is 2.22. The minimum Gasteiger partial charge on any atom is -0.382 e. The van der Waals surface area contributed by atoms with Crippen LogP contribution in [0.25, 0.3) is 0 Å². The van der Waals surface area contributed by atoms with Crippen LogP contribution < -0.4 is 10.6 Å². The quantitative estimate of drug-likeness (QED) is 0.765. The molecule has 0 amide bonds. The lowest BCUT2D eigenvalue weighted by atomic mass is 9.94. The molecule has 1 aromatic carbocycles. The normalized spacial score (nSPS) is 21.2. The van der Waals surface area contributed by atoms with E-state index < -0.39 is 0 Å². The number of rotatable bonds is 4. The zero-order chi connectivity index (χ0) is 14.5. The number of aryl methyl sites for hydroxylation is 1. The third kappa shape index (κ3) is 4.15. The molecule has 0 aromatic heterocycles. The second-order valence-corrected chi connectivity index (χ2v) is 6.99. The zero-order valence-electron chi connectivity index (χ0n) is 13.5. The van der Waals surface area contributed by atoms with E-state index in [0.717, 1.165) is 0 Å². The van der Waals surface area contributed by atoms with Crippen molar-refractivity contribution in [1.82, 2.24) is 0 Å². The molecule has 0 heterocycles. The van der Waals surface area contributed by atoms with Crippen LogP contribution in [-0.4, -0.2) is 12.1 Å². The second kappa shape index (κ2) is 7.20. The van der Waals surface area contributed by atoms with E-state index in [1.54, 1.807) is 0 Å². The predicted molar refractivity (Wildman–Crippen MR) is 92.2 cm³/mol. The minimum atomic E-state index is 0.683. The first-order valence-electron chi connectivity index (χ1n) is 8.95. The number of benzene rings is 1. The molecule has 0 bridgehead atoms. The predicted octanol–water partition coefficient (Wildman–Crippen LogP) is 5.48. The van der Waals surface area contributed by atoms with Crippen molar-refractivity contribution in [3.05, 3.63) is 23.8 Å². The SMILES string of the molecule is Cc1ccc(NC2CCCCC2)cc1NC1CCCCC1. The van der Waals surface area contributed by atoms with Crippen molar-refractivity contribution in [2.45, 2.75) is 83.2 Å². The van der Waals surface area contributed by atoms with Crippen LogP contribution in [0.2, 0.25) is 0 Å². The Labute approximate surface area is 129 Å². The van der Waals surface area contributed by atoms with E-state index in [1.807, 2.05) is 0 Å². The topological polar surface area (TPSA) is 24.1 Å². The van der Waals surface area contributed by atoms with Crippen LogP contribution in [0.15, 0.2) is 18.2 Å². The Morgan fingerprint density at radius 3 is 1.95 bits per heavy atom. The maximum atomic E-state index is 3.79. The maximum absolute atomic E-state index is 3.79. The summed E-state index contributed by atoms with van der Waals surface area (Å²) in [6, 6.07) is 8.21. The van der Waals surface area contributed by atoms with Crippen LogP contribution in [0, 0.1) is 6.92 Å². The van der Waals surface area contributed by atoms with Crippen LogP contribution >= 0.6 is 0 Å². The van der Waals surface area contributed by atoms with Crippen LogP contribution in [0.5, 0.6) is 0 Å². The molecular formula is C19H30N2. The molecular weight excluding hydrogens is 256 g/mol. The molecule has 0 aliphatic heterocycles. The number of hydrogen-bond donors (Lipinski definition) is 2. The molecule has 2 fully saturated rings. The van der Waals surface area contributed by atoms with Gasteiger partial charge in [-0.25, -0.2) is 0 Å². The molecule has 116 valence electrons. The average Bonchev–Trinajstić information content (AvgIpc) is 2.53. The molecule has 0 saturated heterocycles. The third-order valence-electron chi connectivity index (χ3n) is 5.18. The molecule has 1 aromatic rings. The highest BCUT2D eigenvalue weighted by molar-refractivity contribution is 5.61. The molecule has 2 heteroatoms. The number of anilines is 2. The van der Waals surface area contributed by atoms with Gasteiger partial charge in [0, 0.05) is 23.5 Å². The molecule has 0 atom stereocenters. The third-order valence-corrected chi connectivity index (χ3v) is 5.18. The van der Waals surface area contributed by atoms with Gasteiger partial charge in [0.05, 0.1) is 0 Å². The van der Waals surface area contributed by atoms with Crippen LogP contribution in [-0.2, 0) is 0 Å². The molecule has 0 radical (unpaired) electrons. The van der Waals surface area contributed by atoms with E-state index in [0.29, 0.717) is 12.1 Å². The van der Waals surface area contributed by atoms with Crippen LogP contribution in [0.3, 0.4) is 0 Å². The number of nitrogens with one attached hydrogen (secondary N) is 2. The van der Waals surface area contributed by atoms with Gasteiger partial charge in [-0.05, 0) is 50.3 Å². The van der Waals surface area contributed by atoms with Crippen molar-refractivity contribution in [3.8, 4) is 0 Å². The van der Waals surface area contributed by atoms with Gasteiger partial charge in [-0.1, -0.05) is 44.6 Å². The Morgan fingerprint density at radius 1 is 0.762 bits per heavy atom. The largest absolute Gasteiger partial charge is 0.382 e. The lowest BCUT2D eigenvalue weighted by Crippen LogP contribution is -2.24. The first-order chi connectivity index (χ1) is 10.3. The van der Waals surface area contributed by atoms with E-state index in [4.69, 9.17) is 0 Å². The van der Waals surface area contributed by atoms with Crippen molar-refractivity contribution >= 4 is 11.4 Å². The van der Waals surface area contributed by atoms with Gasteiger partial charge in [0.15, 0.2) is 0 Å². The molecule has 2 N–H and O–H groups in total. The fourth-order valence-corrected chi connectivity index (χ4v) is 3.82. The summed E-state index contributed by atoms with van der Waals surface area (Å²) in [6.07, 6.45) is 13.7. The standard InChI is InChI=1S/C19H30N2/c1-15-12-13-18(20-16-8-4-2-5-9-16)14-19(15)21-17-10-6-3-7-11-17/h12-14,16-17,20-21H,2-11H2,1H3. The Hall–Kier alpha value is -1.18. The second-order valence-electron chi connectivity index (χ2n) is 6.99. The highest BCUT2D eigenvalue weighted by Gasteiger charge is 2.15. The Kier molecular flexibility index (Phi) is 5.05. The van der Waals surface area contributed by atoms with Gasteiger partial charge < -0.3 is 10.6 Å². The summed E-state index contributed by atoms with van der Waals surface area (Å²) in [7, 11) is 0. The van der Waals surface area contributed by atoms with Gasteiger partial charge >= 0.3 is 0 Å². The van der Waals surface area contributed by atoms with E-state index in [2.05, 4.69) is 35.8 Å². The first kappa shape index (κ1) is 14.7. The lowest BCUT2D eigenvalue weighted by molar-refractivity contribution is 0.461. The van der Waals surface area contributed by atoms with E-state index in [1.165, 1.54) is 81.1 Å². The lowest BCUT2D eigenvalue weighted by Gasteiger charge is -2.27. The summed E-state index contributed by atoms with van der Waals surface area (Å²) in [5, 5.41) is 7.53. The molecule has 21 heavy (non-hydrogen) atoms. The summed E-state index contributed by atoms with van der Waals surface area (Å²) in [5.74, 6) is 0. The van der Waals surface area contributed by atoms with Crippen molar-refractivity contribution in [1.29, 1.82) is 0 Å². The Balaban J connectivity index is 1.63. The highest BCUT2D eigenvalue weighted by atomic mass is 14.9. The fourth-order valence-electron chi connectivity index (χ4n) is 3.82. The number of hydrogen-bond acceptors (Lipinski definition) is 2. The maximum Gasteiger partial charge on any atom is 0.0392 e. The van der Waals surface area contributed by atoms with Crippen molar-refractivity contribution < 1.29 is 0 Å². The van der Waals surface area contributed by atoms with Crippen LogP contribution in [0.1, 0.15) is 69.8 Å². The summed E-state index contributed by atoms with van der Waals surface area (Å²) in [4.78, 5) is 0. The van der Waals surface area contributed by atoms with Crippen LogP contribution in [0.4, 0.5) is 11.4 Å². The zero-order valence-corrected chi connectivity index (χ0v) is 13.5. The van der Waals surface area contributed by atoms with E-state index in [-0.39, 0.29) is 0 Å². The van der Waals surface area contributed by atoms with Gasteiger partial charge in [-0.15, -0.1) is 0 Å². The Morgan fingerprint density at radius 2 is 1.33 bits per heavy atom. The average molecular weight is 286 g/mol. The monoisotopic (exact) mass is 286 g/mol. The van der Waals surface area contributed by atoms with Crippen molar-refractivity contribution in [3.63, 3.8) is 0 Å². The van der Waals surface area contributed by atoms with Gasteiger partial charge in [0.25, 0.3) is 0 Å². The molecule has 2 aliphatic rings. The van der Waals surface area contributed by atoms with E-state index >= 15 is 0 Å². The van der Waals surface area contributed by atoms with Gasteiger partial charge in [-0.3, -0.25) is 0 Å².